The van der Waals surface area contributed by atoms with E-state index < -0.39 is 0 Å². The van der Waals surface area contributed by atoms with Crippen molar-refractivity contribution >= 4 is 17.4 Å². The van der Waals surface area contributed by atoms with Crippen LogP contribution in [0.4, 0.5) is 0 Å². The van der Waals surface area contributed by atoms with Crippen LogP contribution in [-0.2, 0) is 20.0 Å². The number of Topliss-reactive ketones (excluding diaryl/α,β-unsaturated/α-hetero) is 1. The Morgan fingerprint density at radius 1 is 1.21 bits per heavy atom. The minimum absolute atomic E-state index is 0.0707. The molecule has 6 heteroatoms. The first-order valence-corrected chi connectivity index (χ1v) is 7.84. The predicted molar refractivity (Wildman–Crippen MR) is 92.5 cm³/mol. The van der Waals surface area contributed by atoms with Crippen molar-refractivity contribution < 1.29 is 4.79 Å². The summed E-state index contributed by atoms with van der Waals surface area (Å²) in [4.78, 5) is 28.0. The minimum atomic E-state index is -0.141. The Kier molecular flexibility index (Phi) is 4.62. The fourth-order valence-electron chi connectivity index (χ4n) is 2.46. The Labute approximate surface area is 144 Å². The molecule has 0 atom stereocenters. The van der Waals surface area contributed by atoms with Crippen molar-refractivity contribution in [2.24, 2.45) is 7.05 Å². The van der Waals surface area contributed by atoms with E-state index in [-0.39, 0.29) is 17.8 Å². The summed E-state index contributed by atoms with van der Waals surface area (Å²) in [5.41, 5.74) is 2.12. The van der Waals surface area contributed by atoms with Crippen molar-refractivity contribution in [3.05, 3.63) is 87.3 Å². The van der Waals surface area contributed by atoms with Crippen LogP contribution in [0, 0.1) is 0 Å². The molecule has 0 aliphatic heterocycles. The minimum Gasteiger partial charge on any atom is -0.333 e. The van der Waals surface area contributed by atoms with Gasteiger partial charge < -0.3 is 9.13 Å². The highest BCUT2D eigenvalue weighted by atomic mass is 35.5. The maximum absolute atomic E-state index is 12.3. The van der Waals surface area contributed by atoms with Crippen molar-refractivity contribution in [3.63, 3.8) is 0 Å². The van der Waals surface area contributed by atoms with Crippen LogP contribution in [-0.4, -0.2) is 19.9 Å². The summed E-state index contributed by atoms with van der Waals surface area (Å²) in [5, 5.41) is 0.692. The number of pyridine rings is 1. The van der Waals surface area contributed by atoms with E-state index in [2.05, 4.69) is 4.98 Å². The molecule has 0 N–H and O–H groups in total. The number of hydrogen-bond donors (Lipinski definition) is 0. The van der Waals surface area contributed by atoms with E-state index in [1.807, 2.05) is 35.0 Å². The van der Waals surface area contributed by atoms with Crippen molar-refractivity contribution in [1.82, 2.24) is 14.1 Å². The maximum Gasteiger partial charge on any atom is 0.250 e. The van der Waals surface area contributed by atoms with E-state index >= 15 is 0 Å². The number of carbonyl (C=O) groups excluding carboxylic acids is 1. The highest BCUT2D eigenvalue weighted by Crippen LogP contribution is 2.12. The van der Waals surface area contributed by atoms with Gasteiger partial charge in [-0.3, -0.25) is 9.59 Å². The molecule has 5 nitrogen and oxygen atoms in total. The molecule has 0 saturated carbocycles. The van der Waals surface area contributed by atoms with Gasteiger partial charge in [-0.1, -0.05) is 23.7 Å². The Morgan fingerprint density at radius 3 is 2.79 bits per heavy atom. The summed E-state index contributed by atoms with van der Waals surface area (Å²) in [5.74, 6) is -0.0707. The average molecular weight is 342 g/mol. The highest BCUT2D eigenvalue weighted by Gasteiger charge is 2.10. The molecule has 0 spiro atoms. The van der Waals surface area contributed by atoms with Gasteiger partial charge in [0, 0.05) is 42.6 Å². The number of aryl methyl sites for hydroxylation is 1. The van der Waals surface area contributed by atoms with Gasteiger partial charge in [0.05, 0.1) is 18.4 Å². The molecule has 3 aromatic rings. The first-order valence-electron chi connectivity index (χ1n) is 7.46. The van der Waals surface area contributed by atoms with Gasteiger partial charge in [-0.2, -0.15) is 0 Å². The zero-order chi connectivity index (χ0) is 17.1. The second-order valence-corrected chi connectivity index (χ2v) is 6.07. The Hall–Kier alpha value is -2.66. The lowest BCUT2D eigenvalue weighted by Gasteiger charge is -2.03. The highest BCUT2D eigenvalue weighted by molar-refractivity contribution is 6.30. The standard InChI is InChI=1S/C18H16ClN3O2/c1-21-10-14(5-6-18(21)24)17(23)8-16-11-22(12-20-16)9-13-3-2-4-15(19)7-13/h2-7,10-12H,8-9H2,1H3. The van der Waals surface area contributed by atoms with Crippen molar-refractivity contribution in [1.29, 1.82) is 0 Å². The van der Waals surface area contributed by atoms with Crippen LogP contribution in [0.2, 0.25) is 5.02 Å². The van der Waals surface area contributed by atoms with Crippen LogP contribution < -0.4 is 5.56 Å². The second-order valence-electron chi connectivity index (χ2n) is 5.63. The molecule has 0 unspecified atom stereocenters. The molecular weight excluding hydrogens is 326 g/mol. The first-order chi connectivity index (χ1) is 11.5. The lowest BCUT2D eigenvalue weighted by atomic mass is 10.1. The topological polar surface area (TPSA) is 56.9 Å². The van der Waals surface area contributed by atoms with E-state index in [1.165, 1.54) is 10.6 Å². The Morgan fingerprint density at radius 2 is 2.04 bits per heavy atom. The number of imidazole rings is 1. The van der Waals surface area contributed by atoms with E-state index in [4.69, 9.17) is 11.6 Å². The van der Waals surface area contributed by atoms with Gasteiger partial charge in [0.15, 0.2) is 5.78 Å². The molecule has 0 radical (unpaired) electrons. The molecule has 1 aromatic carbocycles. The summed E-state index contributed by atoms with van der Waals surface area (Å²) in [6, 6.07) is 10.6. The number of hydrogen-bond acceptors (Lipinski definition) is 3. The second kappa shape index (κ2) is 6.84. The van der Waals surface area contributed by atoms with Crippen LogP contribution in [0.15, 0.2) is 59.9 Å². The summed E-state index contributed by atoms with van der Waals surface area (Å²) >= 11 is 5.98. The Balaban J connectivity index is 1.70. The molecule has 0 fully saturated rings. The smallest absolute Gasteiger partial charge is 0.250 e. The van der Waals surface area contributed by atoms with Gasteiger partial charge in [-0.15, -0.1) is 0 Å². The molecule has 24 heavy (non-hydrogen) atoms. The summed E-state index contributed by atoms with van der Waals surface area (Å²) in [7, 11) is 1.62. The lowest BCUT2D eigenvalue weighted by Crippen LogP contribution is -2.17. The molecule has 0 aliphatic rings. The molecule has 0 saturated heterocycles. The summed E-state index contributed by atoms with van der Waals surface area (Å²) in [6.07, 6.45) is 5.29. The van der Waals surface area contributed by atoms with Gasteiger partial charge in [0.2, 0.25) is 5.56 Å². The van der Waals surface area contributed by atoms with E-state index in [0.29, 0.717) is 22.8 Å². The number of carbonyl (C=O) groups is 1. The molecular formula is C18H16ClN3O2. The third kappa shape index (κ3) is 3.81. The number of rotatable bonds is 5. The van der Waals surface area contributed by atoms with E-state index in [9.17, 15) is 9.59 Å². The van der Waals surface area contributed by atoms with Crippen molar-refractivity contribution in [2.75, 3.05) is 0 Å². The fourth-order valence-corrected chi connectivity index (χ4v) is 2.67. The van der Waals surface area contributed by atoms with E-state index in [0.717, 1.165) is 5.56 Å². The van der Waals surface area contributed by atoms with E-state index in [1.54, 1.807) is 25.6 Å². The maximum atomic E-state index is 12.3. The number of halogens is 1. The van der Waals surface area contributed by atoms with Gasteiger partial charge in [0.25, 0.3) is 0 Å². The molecule has 3 rings (SSSR count). The molecule has 0 aliphatic carbocycles. The molecule has 2 heterocycles. The largest absolute Gasteiger partial charge is 0.333 e. The number of nitrogens with zero attached hydrogens (tertiary/aromatic N) is 3. The van der Waals surface area contributed by atoms with Gasteiger partial charge in [-0.05, 0) is 23.8 Å². The van der Waals surface area contributed by atoms with Crippen molar-refractivity contribution in [2.45, 2.75) is 13.0 Å². The zero-order valence-corrected chi connectivity index (χ0v) is 13.9. The first kappa shape index (κ1) is 16.2. The molecule has 122 valence electrons. The van der Waals surface area contributed by atoms with Crippen LogP contribution in [0.1, 0.15) is 21.6 Å². The monoisotopic (exact) mass is 341 g/mol. The SMILES string of the molecule is Cn1cc(C(=O)Cc2cn(Cc3cccc(Cl)c3)cn2)ccc1=O. The van der Waals surface area contributed by atoms with Crippen molar-refractivity contribution in [3.8, 4) is 0 Å². The average Bonchev–Trinajstić information content (AvgIpc) is 2.97. The molecule has 0 bridgehead atoms. The molecule has 0 amide bonds. The van der Waals surface area contributed by atoms with Gasteiger partial charge in [-0.25, -0.2) is 4.98 Å². The van der Waals surface area contributed by atoms with Gasteiger partial charge in [0.1, 0.15) is 0 Å². The number of aromatic nitrogens is 3. The number of benzene rings is 1. The number of ketones is 1. The lowest BCUT2D eigenvalue weighted by molar-refractivity contribution is 0.0991. The van der Waals surface area contributed by atoms with Gasteiger partial charge >= 0.3 is 0 Å². The van der Waals surface area contributed by atoms with Crippen LogP contribution in [0.25, 0.3) is 0 Å². The summed E-state index contributed by atoms with van der Waals surface area (Å²) in [6.45, 7) is 0.640. The van der Waals surface area contributed by atoms with Crippen LogP contribution in [0.5, 0.6) is 0 Å². The third-order valence-electron chi connectivity index (χ3n) is 3.69. The predicted octanol–water partition coefficient (Wildman–Crippen LogP) is 2.71. The Bertz CT molecular complexity index is 943. The molecule has 2 aromatic heterocycles. The normalized spacial score (nSPS) is 10.8. The third-order valence-corrected chi connectivity index (χ3v) is 3.93. The fraction of sp³-hybridized carbons (Fsp3) is 0.167. The van der Waals surface area contributed by atoms with Crippen LogP contribution in [0.3, 0.4) is 0 Å². The van der Waals surface area contributed by atoms with Crippen LogP contribution >= 0.6 is 11.6 Å². The summed E-state index contributed by atoms with van der Waals surface area (Å²) < 4.78 is 3.31. The zero-order valence-electron chi connectivity index (χ0n) is 13.1. The quantitative estimate of drug-likeness (QED) is 0.670.